The molecule has 0 bridgehead atoms. The first-order valence-corrected chi connectivity index (χ1v) is 16.2. The Labute approximate surface area is 288 Å². The van der Waals surface area contributed by atoms with Gasteiger partial charge in [-0.2, -0.15) is 0 Å². The second-order valence-electron chi connectivity index (χ2n) is 11.5. The molecule has 6 aromatic rings. The van der Waals surface area contributed by atoms with Gasteiger partial charge in [0.1, 0.15) is 11.5 Å². The third kappa shape index (κ3) is 12.0. The van der Waals surface area contributed by atoms with Crippen molar-refractivity contribution in [2.24, 2.45) is 0 Å². The van der Waals surface area contributed by atoms with Gasteiger partial charge in [0.2, 0.25) is 11.8 Å². The molecule has 0 fully saturated rings. The van der Waals surface area contributed by atoms with Gasteiger partial charge in [-0.05, 0) is 53.6 Å². The lowest BCUT2D eigenvalue weighted by molar-refractivity contribution is 0.124. The standard InChI is InChI=1S/C21H22N2O2.C20H20N2O2/c1-23(16-20(24)18-8-4-2-5-9-18)15-17-12-13-21(22-14-17)25-19-10-6-3-7-11-19;23-19(17-7-3-1-4-8-17)15-21-13-16-11-12-20(22-14-16)24-18-9-5-2-6-10-18/h2-14,20,24H,15-16H2,1H3;1-12,14,19,21,23H,13,15H2/t20-;19-/m11/s1. The van der Waals surface area contributed by atoms with E-state index in [-0.39, 0.29) is 0 Å². The SMILES string of the molecule is CN(Cc1ccc(Oc2ccccc2)nc1)C[C@@H](O)c1ccccc1.O[C@H](CNCc1ccc(Oc2ccccc2)nc1)c1ccccc1. The fourth-order valence-corrected chi connectivity index (χ4v) is 4.96. The number of hydrogen-bond acceptors (Lipinski definition) is 8. The number of ether oxygens (including phenoxy) is 2. The third-order valence-electron chi connectivity index (χ3n) is 7.50. The van der Waals surface area contributed by atoms with E-state index in [9.17, 15) is 10.2 Å². The highest BCUT2D eigenvalue weighted by Crippen LogP contribution is 2.21. The molecule has 250 valence electrons. The van der Waals surface area contributed by atoms with Crippen molar-refractivity contribution in [2.45, 2.75) is 25.3 Å². The lowest BCUT2D eigenvalue weighted by Gasteiger charge is -2.20. The minimum Gasteiger partial charge on any atom is -0.439 e. The summed E-state index contributed by atoms with van der Waals surface area (Å²) in [7, 11) is 1.99. The lowest BCUT2D eigenvalue weighted by atomic mass is 10.1. The smallest absolute Gasteiger partial charge is 0.219 e. The molecule has 8 heteroatoms. The number of aromatic nitrogens is 2. The normalized spacial score (nSPS) is 12.0. The van der Waals surface area contributed by atoms with E-state index in [2.05, 4.69) is 20.2 Å². The zero-order valence-corrected chi connectivity index (χ0v) is 27.5. The third-order valence-corrected chi connectivity index (χ3v) is 7.50. The molecule has 8 nitrogen and oxygen atoms in total. The van der Waals surface area contributed by atoms with Crippen molar-refractivity contribution in [1.82, 2.24) is 20.2 Å². The minimum atomic E-state index is -0.514. The lowest BCUT2D eigenvalue weighted by Crippen LogP contribution is -2.24. The van der Waals surface area contributed by atoms with Crippen molar-refractivity contribution in [3.63, 3.8) is 0 Å². The molecule has 0 aliphatic heterocycles. The number of nitrogens with zero attached hydrogens (tertiary/aromatic N) is 3. The number of para-hydroxylation sites is 2. The number of likely N-dealkylation sites (N-methyl/N-ethyl adjacent to an activating group) is 1. The Hall–Kier alpha value is -5.38. The summed E-state index contributed by atoms with van der Waals surface area (Å²) in [5.41, 5.74) is 3.95. The molecule has 4 aromatic carbocycles. The summed E-state index contributed by atoms with van der Waals surface area (Å²) < 4.78 is 11.4. The molecule has 0 unspecified atom stereocenters. The van der Waals surface area contributed by atoms with Crippen LogP contribution in [-0.4, -0.2) is 45.2 Å². The Morgan fingerprint density at radius 1 is 0.571 bits per heavy atom. The summed E-state index contributed by atoms with van der Waals surface area (Å²) in [5.74, 6) is 2.67. The van der Waals surface area contributed by atoms with Gasteiger partial charge >= 0.3 is 0 Å². The summed E-state index contributed by atoms with van der Waals surface area (Å²) in [6.45, 7) is 2.41. The van der Waals surface area contributed by atoms with Crippen LogP contribution in [0.15, 0.2) is 158 Å². The molecule has 3 N–H and O–H groups in total. The summed E-state index contributed by atoms with van der Waals surface area (Å²) in [6, 6.07) is 46.2. The van der Waals surface area contributed by atoms with Gasteiger partial charge in [0.25, 0.3) is 0 Å². The van der Waals surface area contributed by atoms with Crippen LogP contribution in [0.4, 0.5) is 0 Å². The Morgan fingerprint density at radius 3 is 1.49 bits per heavy atom. The quantitative estimate of drug-likeness (QED) is 0.110. The minimum absolute atomic E-state index is 0.492. The molecule has 0 aliphatic carbocycles. The maximum atomic E-state index is 10.3. The number of benzene rings is 4. The molecule has 49 heavy (non-hydrogen) atoms. The zero-order valence-electron chi connectivity index (χ0n) is 27.5. The number of pyridine rings is 2. The van der Waals surface area contributed by atoms with Gasteiger partial charge in [-0.1, -0.05) is 109 Å². The number of aliphatic hydroxyl groups excluding tert-OH is 2. The molecule has 0 radical (unpaired) electrons. The van der Waals surface area contributed by atoms with E-state index in [0.717, 1.165) is 33.8 Å². The van der Waals surface area contributed by atoms with E-state index in [1.807, 2.05) is 159 Å². The van der Waals surface area contributed by atoms with Crippen LogP contribution in [0.2, 0.25) is 0 Å². The number of aliphatic hydroxyl groups is 2. The number of nitrogens with one attached hydrogen (secondary N) is 1. The van der Waals surface area contributed by atoms with Crippen LogP contribution in [0.3, 0.4) is 0 Å². The highest BCUT2D eigenvalue weighted by Gasteiger charge is 2.11. The second kappa shape index (κ2) is 18.8. The van der Waals surface area contributed by atoms with Crippen molar-refractivity contribution >= 4 is 0 Å². The zero-order chi connectivity index (χ0) is 34.1. The van der Waals surface area contributed by atoms with Crippen molar-refractivity contribution < 1.29 is 19.7 Å². The van der Waals surface area contributed by atoms with Crippen molar-refractivity contribution in [1.29, 1.82) is 0 Å². The highest BCUT2D eigenvalue weighted by atomic mass is 16.5. The number of rotatable bonds is 14. The predicted octanol–water partition coefficient (Wildman–Crippen LogP) is 7.74. The van der Waals surface area contributed by atoms with Gasteiger partial charge in [-0.25, -0.2) is 9.97 Å². The van der Waals surface area contributed by atoms with E-state index < -0.39 is 12.2 Å². The van der Waals surface area contributed by atoms with E-state index in [0.29, 0.717) is 37.9 Å². The fourth-order valence-electron chi connectivity index (χ4n) is 4.96. The summed E-state index contributed by atoms with van der Waals surface area (Å²) in [5, 5.41) is 23.6. The van der Waals surface area contributed by atoms with Crippen molar-refractivity contribution in [2.75, 3.05) is 20.1 Å². The summed E-state index contributed by atoms with van der Waals surface area (Å²) in [4.78, 5) is 10.7. The summed E-state index contributed by atoms with van der Waals surface area (Å²) >= 11 is 0. The van der Waals surface area contributed by atoms with Crippen LogP contribution < -0.4 is 14.8 Å². The molecule has 2 atom stereocenters. The fraction of sp³-hybridized carbons (Fsp3) is 0.171. The van der Waals surface area contributed by atoms with E-state index in [1.165, 1.54) is 0 Å². The van der Waals surface area contributed by atoms with Crippen LogP contribution in [0.25, 0.3) is 0 Å². The number of hydrogen-bond donors (Lipinski definition) is 3. The first kappa shape index (κ1) is 34.9. The summed E-state index contributed by atoms with van der Waals surface area (Å²) in [6.07, 6.45) is 2.57. The maximum absolute atomic E-state index is 10.3. The largest absolute Gasteiger partial charge is 0.439 e. The topological polar surface area (TPSA) is 100.0 Å². The van der Waals surface area contributed by atoms with Crippen LogP contribution in [0, 0.1) is 0 Å². The molecule has 0 aliphatic rings. The average molecular weight is 655 g/mol. The molecule has 2 aromatic heterocycles. The van der Waals surface area contributed by atoms with E-state index in [4.69, 9.17) is 9.47 Å². The van der Waals surface area contributed by atoms with Gasteiger partial charge < -0.3 is 25.0 Å². The van der Waals surface area contributed by atoms with Crippen molar-refractivity contribution in [3.05, 3.63) is 180 Å². The molecule has 6 rings (SSSR count). The molecule has 0 saturated heterocycles. The van der Waals surface area contributed by atoms with Gasteiger partial charge in [0.05, 0.1) is 12.2 Å². The van der Waals surface area contributed by atoms with Gasteiger partial charge in [0, 0.05) is 50.7 Å². The Balaban J connectivity index is 0.000000191. The van der Waals surface area contributed by atoms with Gasteiger partial charge in [-0.3, -0.25) is 4.90 Å². The van der Waals surface area contributed by atoms with Crippen molar-refractivity contribution in [3.8, 4) is 23.3 Å². The van der Waals surface area contributed by atoms with Crippen LogP contribution in [0.1, 0.15) is 34.5 Å². The second-order valence-corrected chi connectivity index (χ2v) is 11.5. The first-order valence-electron chi connectivity index (χ1n) is 16.2. The predicted molar refractivity (Wildman–Crippen MR) is 192 cm³/mol. The Kier molecular flexibility index (Phi) is 13.4. The van der Waals surface area contributed by atoms with Crippen LogP contribution >= 0.6 is 0 Å². The van der Waals surface area contributed by atoms with Gasteiger partial charge in [0.15, 0.2) is 0 Å². The average Bonchev–Trinajstić information content (AvgIpc) is 3.15. The molecule has 0 saturated carbocycles. The monoisotopic (exact) mass is 654 g/mol. The van der Waals surface area contributed by atoms with E-state index in [1.54, 1.807) is 6.20 Å². The van der Waals surface area contributed by atoms with Crippen LogP contribution in [0.5, 0.6) is 23.3 Å². The molecular formula is C41H42N4O4. The van der Waals surface area contributed by atoms with E-state index >= 15 is 0 Å². The van der Waals surface area contributed by atoms with Gasteiger partial charge in [-0.15, -0.1) is 0 Å². The molecular weight excluding hydrogens is 612 g/mol. The highest BCUT2D eigenvalue weighted by molar-refractivity contribution is 5.29. The molecule has 0 spiro atoms. The first-order chi connectivity index (χ1) is 24.0. The molecule has 0 amide bonds. The maximum Gasteiger partial charge on any atom is 0.219 e. The van der Waals surface area contributed by atoms with Crippen LogP contribution in [-0.2, 0) is 13.1 Å². The Morgan fingerprint density at radius 2 is 1.02 bits per heavy atom. The Bertz CT molecular complexity index is 1760. The molecule has 2 heterocycles.